The fourth-order valence-electron chi connectivity index (χ4n) is 1.93. The molecule has 1 amide bonds. The Bertz CT molecular complexity index is 688. The molecule has 0 radical (unpaired) electrons. The van der Waals surface area contributed by atoms with Gasteiger partial charge in [0.25, 0.3) is 5.91 Å². The Morgan fingerprint density at radius 3 is 2.75 bits per heavy atom. The molecule has 0 fully saturated rings. The predicted octanol–water partition coefficient (Wildman–Crippen LogP) is 2.33. The summed E-state index contributed by atoms with van der Waals surface area (Å²) < 4.78 is 10.7. The van der Waals surface area contributed by atoms with Gasteiger partial charge in [-0.2, -0.15) is 0 Å². The first-order chi connectivity index (χ1) is 9.51. The molecule has 5 nitrogen and oxygen atoms in total. The zero-order chi connectivity index (χ0) is 14.7. The van der Waals surface area contributed by atoms with Gasteiger partial charge in [-0.3, -0.25) is 4.79 Å². The lowest BCUT2D eigenvalue weighted by Crippen LogP contribution is -2.24. The summed E-state index contributed by atoms with van der Waals surface area (Å²) in [6.45, 7) is 6.13. The number of fused-ring (bicyclic) bond motifs is 1. The number of hydrogen-bond donors (Lipinski definition) is 1. The number of rotatable bonds is 4. The standard InChI is InChI=1S/C15H17NO4/c1-4-16-15(18)12-8-14(17)20-13-7-10(19-9(2)3)5-6-11(12)13/h5-9H,4H2,1-3H3,(H,16,18). The Kier molecular flexibility index (Phi) is 4.08. The molecule has 2 aromatic rings. The van der Waals surface area contributed by atoms with Crippen LogP contribution in [0.3, 0.4) is 0 Å². The number of amides is 1. The highest BCUT2D eigenvalue weighted by molar-refractivity contribution is 6.05. The molecule has 0 atom stereocenters. The molecule has 1 aromatic carbocycles. The molecule has 1 aromatic heterocycles. The molecule has 0 saturated heterocycles. The Morgan fingerprint density at radius 2 is 2.10 bits per heavy atom. The summed E-state index contributed by atoms with van der Waals surface area (Å²) in [5.74, 6) is 0.312. The number of carbonyl (C=O) groups is 1. The zero-order valence-electron chi connectivity index (χ0n) is 11.7. The third kappa shape index (κ3) is 2.99. The third-order valence-corrected chi connectivity index (χ3v) is 2.67. The van der Waals surface area contributed by atoms with E-state index in [0.717, 1.165) is 0 Å². The van der Waals surface area contributed by atoms with Crippen LogP contribution in [0.1, 0.15) is 31.1 Å². The summed E-state index contributed by atoms with van der Waals surface area (Å²) in [7, 11) is 0. The molecule has 106 valence electrons. The van der Waals surface area contributed by atoms with Crippen molar-refractivity contribution in [2.45, 2.75) is 26.9 Å². The van der Waals surface area contributed by atoms with E-state index >= 15 is 0 Å². The first-order valence-corrected chi connectivity index (χ1v) is 6.54. The van der Waals surface area contributed by atoms with Gasteiger partial charge in [0.2, 0.25) is 0 Å². The summed E-state index contributed by atoms with van der Waals surface area (Å²) in [5, 5.41) is 3.27. The molecule has 0 aliphatic carbocycles. The van der Waals surface area contributed by atoms with Crippen molar-refractivity contribution >= 4 is 16.9 Å². The van der Waals surface area contributed by atoms with Gasteiger partial charge in [0.05, 0.1) is 11.7 Å². The minimum atomic E-state index is -0.555. The van der Waals surface area contributed by atoms with Crippen molar-refractivity contribution in [3.8, 4) is 5.75 Å². The minimum Gasteiger partial charge on any atom is -0.491 e. The first-order valence-electron chi connectivity index (χ1n) is 6.54. The maximum absolute atomic E-state index is 12.0. The van der Waals surface area contributed by atoms with E-state index in [-0.39, 0.29) is 12.0 Å². The molecule has 0 saturated carbocycles. The number of nitrogens with one attached hydrogen (secondary N) is 1. The second-order valence-electron chi connectivity index (χ2n) is 4.66. The fourth-order valence-corrected chi connectivity index (χ4v) is 1.93. The topological polar surface area (TPSA) is 68.5 Å². The molecule has 20 heavy (non-hydrogen) atoms. The monoisotopic (exact) mass is 275 g/mol. The summed E-state index contributed by atoms with van der Waals surface area (Å²) in [5.41, 5.74) is 0.103. The molecule has 0 spiro atoms. The SMILES string of the molecule is CCNC(=O)c1cc(=O)oc2cc(OC(C)C)ccc12. The van der Waals surface area contributed by atoms with Crippen LogP contribution in [0.5, 0.6) is 5.75 Å². The van der Waals surface area contributed by atoms with E-state index in [1.54, 1.807) is 18.2 Å². The van der Waals surface area contributed by atoms with Gasteiger partial charge < -0.3 is 14.5 Å². The van der Waals surface area contributed by atoms with Crippen molar-refractivity contribution < 1.29 is 13.9 Å². The maximum atomic E-state index is 12.0. The second kappa shape index (κ2) is 5.77. The molecule has 0 unspecified atom stereocenters. The second-order valence-corrected chi connectivity index (χ2v) is 4.66. The molecule has 5 heteroatoms. The quantitative estimate of drug-likeness (QED) is 0.869. The maximum Gasteiger partial charge on any atom is 0.337 e. The third-order valence-electron chi connectivity index (χ3n) is 2.67. The van der Waals surface area contributed by atoms with Crippen molar-refractivity contribution in [3.05, 3.63) is 40.2 Å². The summed E-state index contributed by atoms with van der Waals surface area (Å²) in [6, 6.07) is 6.31. The van der Waals surface area contributed by atoms with E-state index in [9.17, 15) is 9.59 Å². The molecule has 1 N–H and O–H groups in total. The van der Waals surface area contributed by atoms with Crippen LogP contribution in [0.2, 0.25) is 0 Å². The minimum absolute atomic E-state index is 0.0192. The van der Waals surface area contributed by atoms with E-state index < -0.39 is 5.63 Å². The van der Waals surface area contributed by atoms with Crippen LogP contribution in [-0.2, 0) is 0 Å². The van der Waals surface area contributed by atoms with E-state index in [0.29, 0.717) is 28.8 Å². The fraction of sp³-hybridized carbons (Fsp3) is 0.333. The van der Waals surface area contributed by atoms with Gasteiger partial charge in [0.15, 0.2) is 0 Å². The van der Waals surface area contributed by atoms with Crippen molar-refractivity contribution in [2.75, 3.05) is 6.54 Å². The lowest BCUT2D eigenvalue weighted by molar-refractivity contribution is 0.0957. The van der Waals surface area contributed by atoms with Crippen LogP contribution >= 0.6 is 0 Å². The normalized spacial score (nSPS) is 10.8. The Balaban J connectivity index is 2.55. The predicted molar refractivity (Wildman–Crippen MR) is 76.3 cm³/mol. The first kappa shape index (κ1) is 14.1. The highest BCUT2D eigenvalue weighted by Gasteiger charge is 2.13. The van der Waals surface area contributed by atoms with E-state index in [1.165, 1.54) is 6.07 Å². The number of hydrogen-bond acceptors (Lipinski definition) is 4. The van der Waals surface area contributed by atoms with Gasteiger partial charge in [-0.15, -0.1) is 0 Å². The molecule has 0 bridgehead atoms. The Labute approximate surface area is 116 Å². The molecular formula is C15H17NO4. The molecule has 0 aliphatic heterocycles. The molecule has 1 heterocycles. The largest absolute Gasteiger partial charge is 0.491 e. The number of ether oxygens (including phenoxy) is 1. The average Bonchev–Trinajstić information content (AvgIpc) is 2.36. The molecule has 2 rings (SSSR count). The van der Waals surface area contributed by atoms with Gasteiger partial charge in [-0.05, 0) is 32.9 Å². The van der Waals surface area contributed by atoms with Gasteiger partial charge in [0.1, 0.15) is 11.3 Å². The lowest BCUT2D eigenvalue weighted by atomic mass is 10.1. The van der Waals surface area contributed by atoms with Crippen LogP contribution in [0.4, 0.5) is 0 Å². The van der Waals surface area contributed by atoms with Gasteiger partial charge >= 0.3 is 5.63 Å². The average molecular weight is 275 g/mol. The Hall–Kier alpha value is -2.30. The smallest absolute Gasteiger partial charge is 0.337 e. The van der Waals surface area contributed by atoms with Crippen LogP contribution in [0, 0.1) is 0 Å². The van der Waals surface area contributed by atoms with Gasteiger partial charge in [0, 0.05) is 24.1 Å². The molecule has 0 aliphatic rings. The Morgan fingerprint density at radius 1 is 1.35 bits per heavy atom. The molecular weight excluding hydrogens is 258 g/mol. The summed E-state index contributed by atoms with van der Waals surface area (Å²) in [4.78, 5) is 23.5. The van der Waals surface area contributed by atoms with Crippen LogP contribution in [0.25, 0.3) is 11.0 Å². The van der Waals surface area contributed by atoms with Gasteiger partial charge in [-0.1, -0.05) is 0 Å². The zero-order valence-corrected chi connectivity index (χ0v) is 11.7. The summed E-state index contributed by atoms with van der Waals surface area (Å²) in [6.07, 6.45) is 0.0192. The van der Waals surface area contributed by atoms with E-state index in [2.05, 4.69) is 5.32 Å². The van der Waals surface area contributed by atoms with Crippen molar-refractivity contribution in [2.24, 2.45) is 0 Å². The van der Waals surface area contributed by atoms with Gasteiger partial charge in [-0.25, -0.2) is 4.79 Å². The van der Waals surface area contributed by atoms with Crippen LogP contribution in [-0.4, -0.2) is 18.6 Å². The number of benzene rings is 1. The number of carbonyl (C=O) groups excluding carboxylic acids is 1. The van der Waals surface area contributed by atoms with Crippen molar-refractivity contribution in [1.29, 1.82) is 0 Å². The van der Waals surface area contributed by atoms with Crippen LogP contribution in [0.15, 0.2) is 33.5 Å². The lowest BCUT2D eigenvalue weighted by Gasteiger charge is -2.11. The highest BCUT2D eigenvalue weighted by Crippen LogP contribution is 2.23. The van der Waals surface area contributed by atoms with Crippen LogP contribution < -0.4 is 15.7 Å². The summed E-state index contributed by atoms with van der Waals surface area (Å²) >= 11 is 0. The highest BCUT2D eigenvalue weighted by atomic mass is 16.5. The van der Waals surface area contributed by atoms with Crippen molar-refractivity contribution in [3.63, 3.8) is 0 Å². The van der Waals surface area contributed by atoms with E-state index in [1.807, 2.05) is 20.8 Å². The van der Waals surface area contributed by atoms with Crippen molar-refractivity contribution in [1.82, 2.24) is 5.32 Å². The van der Waals surface area contributed by atoms with E-state index in [4.69, 9.17) is 9.15 Å².